The van der Waals surface area contributed by atoms with Crippen molar-refractivity contribution < 1.29 is 14.3 Å². The Labute approximate surface area is 180 Å². The van der Waals surface area contributed by atoms with Crippen LogP contribution in [0, 0.1) is 19.8 Å². The van der Waals surface area contributed by atoms with Gasteiger partial charge in [0.05, 0.1) is 0 Å². The SMILES string of the molecule is Cc1cc(C(=O)COc2cccc(NC(=O)C3CC3)c2)c(C)n1CCc1cccs1. The number of Topliss-reactive ketones (excluding diaryl/α,β-unsaturated/α-hetero) is 1. The third-order valence-electron chi connectivity index (χ3n) is 5.46. The van der Waals surface area contributed by atoms with Gasteiger partial charge in [0.2, 0.25) is 11.7 Å². The van der Waals surface area contributed by atoms with Crippen LogP contribution >= 0.6 is 11.3 Å². The Balaban J connectivity index is 1.37. The molecule has 0 aliphatic heterocycles. The predicted molar refractivity (Wildman–Crippen MR) is 120 cm³/mol. The number of rotatable bonds is 9. The maximum atomic E-state index is 12.8. The van der Waals surface area contributed by atoms with Gasteiger partial charge < -0.3 is 14.6 Å². The molecule has 1 aliphatic rings. The Morgan fingerprint density at radius 3 is 2.73 bits per heavy atom. The van der Waals surface area contributed by atoms with Crippen molar-refractivity contribution in [1.29, 1.82) is 0 Å². The summed E-state index contributed by atoms with van der Waals surface area (Å²) < 4.78 is 7.93. The first-order valence-corrected chi connectivity index (χ1v) is 11.2. The summed E-state index contributed by atoms with van der Waals surface area (Å²) in [5.41, 5.74) is 3.46. The highest BCUT2D eigenvalue weighted by Gasteiger charge is 2.29. The minimum absolute atomic E-state index is 0.0325. The van der Waals surface area contributed by atoms with Gasteiger partial charge in [-0.1, -0.05) is 12.1 Å². The van der Waals surface area contributed by atoms with Crippen LogP contribution in [0.15, 0.2) is 47.8 Å². The predicted octanol–water partition coefficient (Wildman–Crippen LogP) is 5.02. The van der Waals surface area contributed by atoms with Gasteiger partial charge in [-0.05, 0) is 62.8 Å². The lowest BCUT2D eigenvalue weighted by Crippen LogP contribution is -2.14. The highest BCUT2D eigenvalue weighted by Crippen LogP contribution is 2.30. The number of thiophene rings is 1. The van der Waals surface area contributed by atoms with Crippen LogP contribution in [0.5, 0.6) is 5.75 Å². The number of carbonyl (C=O) groups is 2. The zero-order valence-electron chi connectivity index (χ0n) is 17.3. The van der Waals surface area contributed by atoms with Crippen molar-refractivity contribution in [2.45, 2.75) is 39.7 Å². The van der Waals surface area contributed by atoms with Crippen molar-refractivity contribution in [2.24, 2.45) is 5.92 Å². The zero-order chi connectivity index (χ0) is 21.1. The van der Waals surface area contributed by atoms with E-state index >= 15 is 0 Å². The topological polar surface area (TPSA) is 60.3 Å². The van der Waals surface area contributed by atoms with E-state index in [1.165, 1.54) is 4.88 Å². The van der Waals surface area contributed by atoms with E-state index in [9.17, 15) is 9.59 Å². The molecule has 2 aromatic heterocycles. The number of aromatic nitrogens is 1. The number of ketones is 1. The fourth-order valence-corrected chi connectivity index (χ4v) is 4.28. The first kappa shape index (κ1) is 20.4. The molecule has 0 bridgehead atoms. The van der Waals surface area contributed by atoms with Gasteiger partial charge in [-0.2, -0.15) is 0 Å². The molecule has 1 fully saturated rings. The summed E-state index contributed by atoms with van der Waals surface area (Å²) in [6, 6.07) is 13.4. The molecule has 1 aliphatic carbocycles. The molecule has 4 rings (SSSR count). The summed E-state index contributed by atoms with van der Waals surface area (Å²) in [6.07, 6.45) is 2.88. The maximum Gasteiger partial charge on any atom is 0.227 e. The Bertz CT molecular complexity index is 1050. The molecule has 1 aromatic carbocycles. The quantitative estimate of drug-likeness (QED) is 0.493. The number of anilines is 1. The monoisotopic (exact) mass is 422 g/mol. The van der Waals surface area contributed by atoms with E-state index in [4.69, 9.17) is 4.74 Å². The third-order valence-corrected chi connectivity index (χ3v) is 6.39. The van der Waals surface area contributed by atoms with E-state index < -0.39 is 0 Å². The molecule has 0 radical (unpaired) electrons. The van der Waals surface area contributed by atoms with Crippen LogP contribution in [0.3, 0.4) is 0 Å². The molecule has 0 unspecified atom stereocenters. The van der Waals surface area contributed by atoms with Gasteiger partial charge in [-0.15, -0.1) is 11.3 Å². The molecule has 30 heavy (non-hydrogen) atoms. The number of ether oxygens (including phenoxy) is 1. The number of hydrogen-bond donors (Lipinski definition) is 1. The molecule has 0 saturated heterocycles. The van der Waals surface area contributed by atoms with E-state index in [0.717, 1.165) is 37.2 Å². The van der Waals surface area contributed by atoms with Gasteiger partial charge in [-0.25, -0.2) is 0 Å². The Morgan fingerprint density at radius 2 is 2.00 bits per heavy atom. The summed E-state index contributed by atoms with van der Waals surface area (Å²) in [4.78, 5) is 26.1. The molecule has 3 aromatic rings. The minimum atomic E-state index is -0.0436. The first-order valence-electron chi connectivity index (χ1n) is 10.3. The smallest absolute Gasteiger partial charge is 0.227 e. The normalized spacial score (nSPS) is 13.3. The van der Waals surface area contributed by atoms with Gasteiger partial charge in [0.15, 0.2) is 6.61 Å². The molecule has 5 nitrogen and oxygen atoms in total. The third kappa shape index (κ3) is 4.82. The molecule has 1 amide bonds. The number of hydrogen-bond acceptors (Lipinski definition) is 4. The molecule has 1 N–H and O–H groups in total. The Hall–Kier alpha value is -2.86. The van der Waals surface area contributed by atoms with Crippen molar-refractivity contribution in [3.05, 3.63) is 69.7 Å². The summed E-state index contributed by atoms with van der Waals surface area (Å²) in [5.74, 6) is 0.728. The molecule has 156 valence electrons. The summed E-state index contributed by atoms with van der Waals surface area (Å²) in [6.45, 7) is 4.85. The van der Waals surface area contributed by atoms with Crippen LogP contribution in [-0.4, -0.2) is 22.9 Å². The summed E-state index contributed by atoms with van der Waals surface area (Å²) in [5, 5.41) is 4.99. The second kappa shape index (κ2) is 8.88. The van der Waals surface area contributed by atoms with Gasteiger partial charge in [-0.3, -0.25) is 9.59 Å². The molecular weight excluding hydrogens is 396 g/mol. The molecule has 0 atom stereocenters. The number of nitrogens with one attached hydrogen (secondary N) is 1. The van der Waals surface area contributed by atoms with Crippen LogP contribution in [-0.2, 0) is 17.8 Å². The highest BCUT2D eigenvalue weighted by molar-refractivity contribution is 7.09. The summed E-state index contributed by atoms with van der Waals surface area (Å²) in [7, 11) is 0. The second-order valence-electron chi connectivity index (χ2n) is 7.77. The van der Waals surface area contributed by atoms with Crippen LogP contribution < -0.4 is 10.1 Å². The molecule has 6 heteroatoms. The van der Waals surface area contributed by atoms with Gasteiger partial charge in [0, 0.05) is 46.0 Å². The molecule has 1 saturated carbocycles. The van der Waals surface area contributed by atoms with E-state index in [1.807, 2.05) is 32.0 Å². The summed E-state index contributed by atoms with van der Waals surface area (Å²) >= 11 is 1.76. The fourth-order valence-electron chi connectivity index (χ4n) is 3.58. The van der Waals surface area contributed by atoms with E-state index in [0.29, 0.717) is 17.0 Å². The van der Waals surface area contributed by atoms with Crippen molar-refractivity contribution in [3.63, 3.8) is 0 Å². The molecule has 2 heterocycles. The fraction of sp³-hybridized carbons (Fsp3) is 0.333. The van der Waals surface area contributed by atoms with Crippen molar-refractivity contribution in [1.82, 2.24) is 4.57 Å². The lowest BCUT2D eigenvalue weighted by Gasteiger charge is -2.10. The minimum Gasteiger partial charge on any atom is -0.485 e. The van der Waals surface area contributed by atoms with Crippen molar-refractivity contribution in [2.75, 3.05) is 11.9 Å². The van der Waals surface area contributed by atoms with Gasteiger partial charge in [0.25, 0.3) is 0 Å². The van der Waals surface area contributed by atoms with E-state index in [2.05, 4.69) is 27.4 Å². The van der Waals surface area contributed by atoms with Crippen LogP contribution in [0.1, 0.15) is 39.5 Å². The average Bonchev–Trinajstić information content (AvgIpc) is 3.39. The van der Waals surface area contributed by atoms with Gasteiger partial charge >= 0.3 is 0 Å². The lowest BCUT2D eigenvalue weighted by atomic mass is 10.1. The second-order valence-corrected chi connectivity index (χ2v) is 8.80. The lowest BCUT2D eigenvalue weighted by molar-refractivity contribution is -0.117. The first-order chi connectivity index (χ1) is 14.5. The van der Waals surface area contributed by atoms with E-state index in [-0.39, 0.29) is 24.2 Å². The van der Waals surface area contributed by atoms with Crippen molar-refractivity contribution in [3.8, 4) is 5.75 Å². The number of nitrogens with zero attached hydrogens (tertiary/aromatic N) is 1. The standard InChI is InChI=1S/C24H26N2O3S/c1-16-13-22(17(2)26(16)11-10-21-7-4-12-30-21)23(27)15-29-20-6-3-5-19(14-20)25-24(28)18-8-9-18/h3-7,12-14,18H,8-11,15H2,1-2H3,(H,25,28). The maximum absolute atomic E-state index is 12.8. The van der Waals surface area contributed by atoms with Crippen LogP contribution in [0.4, 0.5) is 5.69 Å². The van der Waals surface area contributed by atoms with Crippen LogP contribution in [0.25, 0.3) is 0 Å². The Morgan fingerprint density at radius 1 is 1.17 bits per heavy atom. The average molecular weight is 423 g/mol. The van der Waals surface area contributed by atoms with E-state index in [1.54, 1.807) is 23.5 Å². The number of amides is 1. The number of carbonyl (C=O) groups excluding carboxylic acids is 2. The van der Waals surface area contributed by atoms with Crippen molar-refractivity contribution >= 4 is 28.7 Å². The Kier molecular flexibility index (Phi) is 6.04. The number of benzene rings is 1. The highest BCUT2D eigenvalue weighted by atomic mass is 32.1. The molecule has 0 spiro atoms. The molecular formula is C24H26N2O3S. The van der Waals surface area contributed by atoms with Crippen LogP contribution in [0.2, 0.25) is 0 Å². The largest absolute Gasteiger partial charge is 0.485 e. The van der Waals surface area contributed by atoms with Gasteiger partial charge in [0.1, 0.15) is 5.75 Å². The number of aryl methyl sites for hydroxylation is 2. The zero-order valence-corrected chi connectivity index (χ0v) is 18.1.